The lowest BCUT2D eigenvalue weighted by Gasteiger charge is -2.02. The second-order valence-corrected chi connectivity index (χ2v) is 3.17. The lowest BCUT2D eigenvalue weighted by atomic mass is 10.2. The molecule has 0 N–H and O–H groups in total. The molecule has 1 aromatic rings. The summed E-state index contributed by atoms with van der Waals surface area (Å²) < 4.78 is 5.10. The summed E-state index contributed by atoms with van der Waals surface area (Å²) in [5.41, 5.74) is 0. The van der Waals surface area contributed by atoms with E-state index in [1.165, 1.54) is 0 Å². The van der Waals surface area contributed by atoms with Crippen LogP contribution in [0.5, 0.6) is 5.75 Å². The number of carbonyl (C=O) groups excluding carboxylic acids is 1. The van der Waals surface area contributed by atoms with Gasteiger partial charge in [-0.15, -0.1) is 0 Å². The third-order valence-corrected chi connectivity index (χ3v) is 1.90. The molecule has 0 atom stereocenters. The maximum atomic E-state index is 11.3. The van der Waals surface area contributed by atoms with E-state index in [9.17, 15) is 4.79 Å². The van der Waals surface area contributed by atoms with Gasteiger partial charge in [-0.05, 0) is 24.6 Å². The van der Waals surface area contributed by atoms with Crippen LogP contribution >= 0.6 is 0 Å². The average molecular weight is 191 g/mol. The number of benzene rings is 1. The Balaban J connectivity index is 2.27. The van der Waals surface area contributed by atoms with Gasteiger partial charge >= 0.3 is 5.97 Å². The van der Waals surface area contributed by atoms with Crippen molar-refractivity contribution < 1.29 is 9.53 Å². The van der Waals surface area contributed by atoms with Gasteiger partial charge in [0.15, 0.2) is 0 Å². The van der Waals surface area contributed by atoms with E-state index in [4.69, 9.17) is 4.74 Å². The number of esters is 1. The molecule has 75 valence electrons. The van der Waals surface area contributed by atoms with Crippen LogP contribution < -0.4 is 4.74 Å². The van der Waals surface area contributed by atoms with Gasteiger partial charge in [0.1, 0.15) is 5.75 Å². The topological polar surface area (TPSA) is 26.3 Å². The van der Waals surface area contributed by atoms with Crippen LogP contribution in [0.3, 0.4) is 0 Å². The van der Waals surface area contributed by atoms with Gasteiger partial charge in [-0.25, -0.2) is 0 Å². The quantitative estimate of drug-likeness (QED) is 0.406. The highest BCUT2D eigenvalue weighted by atomic mass is 16.5. The summed E-state index contributed by atoms with van der Waals surface area (Å²) in [6.07, 6.45) is 3.62. The molecule has 0 heterocycles. The van der Waals surface area contributed by atoms with E-state index in [0.717, 1.165) is 19.3 Å². The zero-order valence-electron chi connectivity index (χ0n) is 8.45. The largest absolute Gasteiger partial charge is 0.427 e. The van der Waals surface area contributed by atoms with Crippen LogP contribution in [-0.4, -0.2) is 5.97 Å². The van der Waals surface area contributed by atoms with Gasteiger partial charge in [0.2, 0.25) is 0 Å². The van der Waals surface area contributed by atoms with Crippen molar-refractivity contribution >= 4 is 5.97 Å². The summed E-state index contributed by atoms with van der Waals surface area (Å²) in [5, 5.41) is 0. The lowest BCUT2D eigenvalue weighted by molar-refractivity contribution is -0.134. The van der Waals surface area contributed by atoms with Crippen LogP contribution in [0.4, 0.5) is 0 Å². The summed E-state index contributed by atoms with van der Waals surface area (Å²) >= 11 is 0. The minimum atomic E-state index is -0.148. The molecule has 14 heavy (non-hydrogen) atoms. The molecule has 1 aromatic carbocycles. The standard InChI is InChI=1S/C12H15O2/c1-2-3-5-10-12(13)14-11-8-6-4-7-9-11/h6-9H,2-3,5,10H2,1H3. The van der Waals surface area contributed by atoms with Gasteiger partial charge in [0.05, 0.1) is 0 Å². The molecule has 0 aliphatic rings. The molecule has 0 spiro atoms. The first kappa shape index (κ1) is 10.8. The zero-order valence-corrected chi connectivity index (χ0v) is 8.45. The number of hydrogen-bond acceptors (Lipinski definition) is 2. The van der Waals surface area contributed by atoms with Crippen molar-refractivity contribution in [3.05, 3.63) is 30.3 Å². The van der Waals surface area contributed by atoms with Crippen LogP contribution in [0.1, 0.15) is 32.6 Å². The number of rotatable bonds is 5. The van der Waals surface area contributed by atoms with Crippen molar-refractivity contribution in [3.8, 4) is 5.75 Å². The Kier molecular flexibility index (Phi) is 4.76. The highest BCUT2D eigenvalue weighted by Crippen LogP contribution is 2.10. The Bertz CT molecular complexity index is 267. The third kappa shape index (κ3) is 4.08. The molecule has 0 aromatic heterocycles. The van der Waals surface area contributed by atoms with Gasteiger partial charge in [-0.1, -0.05) is 31.9 Å². The minimum Gasteiger partial charge on any atom is -0.427 e. The molecule has 0 fully saturated rings. The zero-order chi connectivity index (χ0) is 10.2. The van der Waals surface area contributed by atoms with Gasteiger partial charge in [-0.3, -0.25) is 4.79 Å². The van der Waals surface area contributed by atoms with Crippen LogP contribution in [0.25, 0.3) is 0 Å². The first-order chi connectivity index (χ1) is 6.83. The molecule has 0 aliphatic heterocycles. The van der Waals surface area contributed by atoms with Crippen molar-refractivity contribution in [2.75, 3.05) is 0 Å². The highest BCUT2D eigenvalue weighted by molar-refractivity contribution is 5.72. The second-order valence-electron chi connectivity index (χ2n) is 3.17. The molecule has 0 saturated heterocycles. The number of ether oxygens (including phenoxy) is 1. The fourth-order valence-electron chi connectivity index (χ4n) is 1.14. The molecule has 0 unspecified atom stereocenters. The number of hydrogen-bond donors (Lipinski definition) is 0. The Morgan fingerprint density at radius 1 is 1.36 bits per heavy atom. The van der Waals surface area contributed by atoms with Gasteiger partial charge < -0.3 is 4.74 Å². The van der Waals surface area contributed by atoms with Crippen LogP contribution in [0.15, 0.2) is 24.3 Å². The van der Waals surface area contributed by atoms with Crippen molar-refractivity contribution in [2.45, 2.75) is 32.6 Å². The number of carbonyl (C=O) groups is 1. The summed E-state index contributed by atoms with van der Waals surface area (Å²) in [7, 11) is 0. The van der Waals surface area contributed by atoms with E-state index < -0.39 is 0 Å². The lowest BCUT2D eigenvalue weighted by Crippen LogP contribution is -2.07. The maximum Gasteiger partial charge on any atom is 0.311 e. The molecular weight excluding hydrogens is 176 g/mol. The van der Waals surface area contributed by atoms with Gasteiger partial charge in [0.25, 0.3) is 0 Å². The highest BCUT2D eigenvalue weighted by Gasteiger charge is 2.02. The fraction of sp³-hybridized carbons (Fsp3) is 0.417. The molecule has 2 nitrogen and oxygen atoms in total. The van der Waals surface area contributed by atoms with Crippen LogP contribution in [0.2, 0.25) is 0 Å². The molecule has 2 heteroatoms. The monoisotopic (exact) mass is 191 g/mol. The van der Waals surface area contributed by atoms with E-state index in [1.807, 2.05) is 0 Å². The summed E-state index contributed by atoms with van der Waals surface area (Å²) in [6.45, 7) is 2.11. The maximum absolute atomic E-state index is 11.3. The van der Waals surface area contributed by atoms with E-state index in [-0.39, 0.29) is 5.97 Å². The van der Waals surface area contributed by atoms with Crippen LogP contribution in [0, 0.1) is 6.07 Å². The number of unbranched alkanes of at least 4 members (excludes halogenated alkanes) is 2. The first-order valence-electron chi connectivity index (χ1n) is 4.99. The summed E-state index contributed by atoms with van der Waals surface area (Å²) in [4.78, 5) is 11.3. The minimum absolute atomic E-state index is 0.148. The average Bonchev–Trinajstić information content (AvgIpc) is 2.20. The van der Waals surface area contributed by atoms with E-state index in [2.05, 4.69) is 13.0 Å². The molecule has 1 rings (SSSR count). The van der Waals surface area contributed by atoms with Crippen LogP contribution in [-0.2, 0) is 4.79 Å². The predicted octanol–water partition coefficient (Wildman–Crippen LogP) is 2.97. The second kappa shape index (κ2) is 6.19. The Labute approximate surface area is 84.9 Å². The molecular formula is C12H15O2. The smallest absolute Gasteiger partial charge is 0.311 e. The molecule has 0 aliphatic carbocycles. The first-order valence-corrected chi connectivity index (χ1v) is 4.99. The Hall–Kier alpha value is -1.31. The SMILES string of the molecule is CCCCCC(=O)Oc1cc[c]cc1. The fourth-order valence-corrected chi connectivity index (χ4v) is 1.14. The van der Waals surface area contributed by atoms with Crippen molar-refractivity contribution in [2.24, 2.45) is 0 Å². The van der Waals surface area contributed by atoms with Crippen molar-refractivity contribution in [1.29, 1.82) is 0 Å². The molecule has 0 bridgehead atoms. The molecule has 0 amide bonds. The Morgan fingerprint density at radius 3 is 2.71 bits per heavy atom. The van der Waals surface area contributed by atoms with Gasteiger partial charge in [0, 0.05) is 6.42 Å². The van der Waals surface area contributed by atoms with E-state index in [0.29, 0.717) is 12.2 Å². The predicted molar refractivity (Wildman–Crippen MR) is 55.1 cm³/mol. The summed E-state index contributed by atoms with van der Waals surface area (Å²) in [6, 6.07) is 9.80. The third-order valence-electron chi connectivity index (χ3n) is 1.90. The summed E-state index contributed by atoms with van der Waals surface area (Å²) in [5.74, 6) is 0.454. The van der Waals surface area contributed by atoms with Crippen molar-refractivity contribution in [3.63, 3.8) is 0 Å². The molecule has 1 radical (unpaired) electrons. The van der Waals surface area contributed by atoms with E-state index >= 15 is 0 Å². The van der Waals surface area contributed by atoms with Crippen molar-refractivity contribution in [1.82, 2.24) is 0 Å². The van der Waals surface area contributed by atoms with E-state index in [1.54, 1.807) is 24.3 Å². The van der Waals surface area contributed by atoms with Gasteiger partial charge in [-0.2, -0.15) is 0 Å². The molecule has 0 saturated carbocycles. The normalized spacial score (nSPS) is 9.79. The Morgan fingerprint density at radius 2 is 2.07 bits per heavy atom.